The van der Waals surface area contributed by atoms with E-state index in [1.54, 1.807) is 0 Å². The first-order valence-electron chi connectivity index (χ1n) is 13.8. The van der Waals surface area contributed by atoms with Gasteiger partial charge in [-0.2, -0.15) is 0 Å². The molecule has 0 saturated heterocycles. The fourth-order valence-electron chi connectivity index (χ4n) is 11.5. The summed E-state index contributed by atoms with van der Waals surface area (Å²) in [5.41, 5.74) is 1.76. The van der Waals surface area contributed by atoms with Gasteiger partial charge in [-0.25, -0.2) is 0 Å². The van der Waals surface area contributed by atoms with Gasteiger partial charge in [-0.3, -0.25) is 4.79 Å². The number of hydrogen-bond donors (Lipinski definition) is 0. The van der Waals surface area contributed by atoms with Crippen LogP contribution in [0.15, 0.2) is 0 Å². The Labute approximate surface area is 192 Å². The highest BCUT2D eigenvalue weighted by atomic mass is 16.1. The second-order valence-corrected chi connectivity index (χ2v) is 14.9. The Morgan fingerprint density at radius 3 is 2.13 bits per heavy atom. The Balaban J connectivity index is 1.54. The van der Waals surface area contributed by atoms with Crippen LogP contribution >= 0.6 is 0 Å². The molecule has 5 aliphatic rings. The van der Waals surface area contributed by atoms with Crippen LogP contribution in [0.5, 0.6) is 0 Å². The number of rotatable bonds is 1. The molecule has 0 spiro atoms. The van der Waals surface area contributed by atoms with Crippen LogP contribution in [-0.4, -0.2) is 5.78 Å². The van der Waals surface area contributed by atoms with Gasteiger partial charge in [-0.1, -0.05) is 55.4 Å². The predicted molar refractivity (Wildman–Crippen MR) is 130 cm³/mol. The molecule has 1 heteroatoms. The molecule has 5 fully saturated rings. The van der Waals surface area contributed by atoms with Crippen LogP contribution in [0.3, 0.4) is 0 Å². The summed E-state index contributed by atoms with van der Waals surface area (Å²) in [5, 5.41) is 0. The zero-order valence-corrected chi connectivity index (χ0v) is 21.9. The Hall–Kier alpha value is -0.330. The number of hydrogen-bond acceptors (Lipinski definition) is 1. The lowest BCUT2D eigenvalue weighted by atomic mass is 9.32. The summed E-state index contributed by atoms with van der Waals surface area (Å²) >= 11 is 0. The van der Waals surface area contributed by atoms with Gasteiger partial charge in [0.1, 0.15) is 5.78 Å². The highest BCUT2D eigenvalue weighted by molar-refractivity contribution is 5.85. The molecule has 0 bridgehead atoms. The Bertz CT molecular complexity index is 764. The van der Waals surface area contributed by atoms with Crippen molar-refractivity contribution < 1.29 is 4.79 Å². The number of ketones is 1. The maximum absolute atomic E-state index is 12.9. The van der Waals surface area contributed by atoms with Gasteiger partial charge in [0.05, 0.1) is 0 Å². The van der Waals surface area contributed by atoms with Crippen molar-refractivity contribution in [1.82, 2.24) is 0 Å². The highest BCUT2D eigenvalue weighted by Gasteiger charge is 2.70. The van der Waals surface area contributed by atoms with Gasteiger partial charge in [0, 0.05) is 11.8 Å². The first-order valence-corrected chi connectivity index (χ1v) is 13.8. The van der Waals surface area contributed by atoms with E-state index in [-0.39, 0.29) is 5.41 Å². The summed E-state index contributed by atoms with van der Waals surface area (Å²) in [7, 11) is 0. The standard InChI is InChI=1S/C30H50O/c1-19(2)20-11-14-27(5)17-18-29(7)21(25(20)27)9-10-23-28(6)15-13-24(31)26(3,4)22(28)12-16-30(23,29)8/h19-23,25H,9-18H2,1-8H3/t20-,21-,22+,23+,25+,27+,28-,29+,30+/m0/s1. The maximum Gasteiger partial charge on any atom is 0.138 e. The number of Topliss-reactive ketones (excluding diaryl/α,β-unsaturated/α-hetero) is 1. The van der Waals surface area contributed by atoms with E-state index in [1.807, 2.05) is 0 Å². The summed E-state index contributed by atoms with van der Waals surface area (Å²) in [5.74, 6) is 5.56. The maximum atomic E-state index is 12.9. The molecule has 0 amide bonds. The molecule has 1 nitrogen and oxygen atoms in total. The van der Waals surface area contributed by atoms with Crippen molar-refractivity contribution in [3.63, 3.8) is 0 Å². The van der Waals surface area contributed by atoms with E-state index >= 15 is 0 Å². The van der Waals surface area contributed by atoms with Crippen molar-refractivity contribution in [2.24, 2.45) is 62.6 Å². The molecule has 0 aromatic heterocycles. The van der Waals surface area contributed by atoms with Crippen molar-refractivity contribution in [1.29, 1.82) is 0 Å². The van der Waals surface area contributed by atoms with Crippen molar-refractivity contribution in [3.05, 3.63) is 0 Å². The highest BCUT2D eigenvalue weighted by Crippen LogP contribution is 2.77. The molecular weight excluding hydrogens is 376 g/mol. The van der Waals surface area contributed by atoms with Gasteiger partial charge in [-0.15, -0.1) is 0 Å². The molecule has 9 atom stereocenters. The molecule has 31 heavy (non-hydrogen) atoms. The molecule has 5 saturated carbocycles. The summed E-state index contributed by atoms with van der Waals surface area (Å²) in [6, 6.07) is 0. The lowest BCUT2D eigenvalue weighted by molar-refractivity contribution is -0.234. The van der Waals surface area contributed by atoms with E-state index < -0.39 is 0 Å². The normalized spacial score (nSPS) is 55.9. The molecule has 0 aliphatic heterocycles. The Morgan fingerprint density at radius 2 is 1.45 bits per heavy atom. The minimum Gasteiger partial charge on any atom is -0.299 e. The quantitative estimate of drug-likeness (QED) is 0.412. The summed E-state index contributed by atoms with van der Waals surface area (Å²) in [6.07, 6.45) is 13.3. The monoisotopic (exact) mass is 426 g/mol. The van der Waals surface area contributed by atoms with Crippen LogP contribution in [0, 0.1) is 62.6 Å². The fourth-order valence-corrected chi connectivity index (χ4v) is 11.5. The third-order valence-electron chi connectivity index (χ3n) is 13.5. The molecule has 0 radical (unpaired) electrons. The van der Waals surface area contributed by atoms with Gasteiger partial charge >= 0.3 is 0 Å². The van der Waals surface area contributed by atoms with E-state index in [0.717, 1.165) is 42.4 Å². The van der Waals surface area contributed by atoms with Gasteiger partial charge in [0.2, 0.25) is 0 Å². The third kappa shape index (κ3) is 2.65. The molecule has 0 aromatic rings. The second-order valence-electron chi connectivity index (χ2n) is 14.9. The second kappa shape index (κ2) is 6.63. The average Bonchev–Trinajstić information content (AvgIpc) is 3.04. The van der Waals surface area contributed by atoms with Crippen molar-refractivity contribution in [2.75, 3.05) is 0 Å². The first kappa shape index (κ1) is 22.5. The van der Waals surface area contributed by atoms with Gasteiger partial charge in [0.25, 0.3) is 0 Å². The largest absolute Gasteiger partial charge is 0.299 e. The van der Waals surface area contributed by atoms with Crippen molar-refractivity contribution in [2.45, 2.75) is 120 Å². The van der Waals surface area contributed by atoms with Crippen LogP contribution in [0.4, 0.5) is 0 Å². The number of fused-ring (bicyclic) bond motifs is 7. The van der Waals surface area contributed by atoms with Crippen LogP contribution in [-0.2, 0) is 4.79 Å². The molecule has 0 N–H and O–H groups in total. The minimum atomic E-state index is -0.120. The zero-order valence-electron chi connectivity index (χ0n) is 21.9. The molecule has 0 unspecified atom stereocenters. The molecular formula is C30H50O. The van der Waals surface area contributed by atoms with Gasteiger partial charge in [0.15, 0.2) is 0 Å². The topological polar surface area (TPSA) is 17.1 Å². The number of carbonyl (C=O) groups excluding carboxylic acids is 1. The molecule has 5 rings (SSSR count). The predicted octanol–water partition coefficient (Wildman–Crippen LogP) is 8.31. The lowest BCUT2D eigenvalue weighted by Crippen LogP contribution is -2.66. The van der Waals surface area contributed by atoms with Gasteiger partial charge in [-0.05, 0) is 115 Å². The Morgan fingerprint density at radius 1 is 0.742 bits per heavy atom. The lowest BCUT2D eigenvalue weighted by Gasteiger charge is -2.72. The van der Waals surface area contributed by atoms with E-state index in [0.29, 0.717) is 33.4 Å². The average molecular weight is 427 g/mol. The van der Waals surface area contributed by atoms with Crippen LogP contribution in [0.25, 0.3) is 0 Å². The third-order valence-corrected chi connectivity index (χ3v) is 13.5. The van der Waals surface area contributed by atoms with E-state index in [4.69, 9.17) is 0 Å². The smallest absolute Gasteiger partial charge is 0.138 e. The van der Waals surface area contributed by atoms with Crippen LogP contribution < -0.4 is 0 Å². The van der Waals surface area contributed by atoms with Crippen LogP contribution in [0.2, 0.25) is 0 Å². The molecule has 0 heterocycles. The minimum absolute atomic E-state index is 0.120. The molecule has 0 aromatic carbocycles. The SMILES string of the molecule is CC(C)[C@@H]1CC[C@]2(C)CC[C@]3(C)[C@@H](CC[C@@H]4[C@@]5(C)CCC(=O)C(C)(C)[C@H]5CC[C@]43C)[C@@H]12. The zero-order chi connectivity index (χ0) is 22.6. The summed E-state index contributed by atoms with van der Waals surface area (Å²) in [4.78, 5) is 12.9. The Kier molecular flexibility index (Phi) is 4.80. The first-order chi connectivity index (χ1) is 14.3. The number of carbonyl (C=O) groups is 1. The van der Waals surface area contributed by atoms with Crippen molar-refractivity contribution in [3.8, 4) is 0 Å². The van der Waals surface area contributed by atoms with E-state index in [1.165, 1.54) is 51.4 Å². The van der Waals surface area contributed by atoms with Crippen molar-refractivity contribution >= 4 is 5.78 Å². The fraction of sp³-hybridized carbons (Fsp3) is 0.967. The molecule has 176 valence electrons. The van der Waals surface area contributed by atoms with Crippen LogP contribution in [0.1, 0.15) is 120 Å². The van der Waals surface area contributed by atoms with Gasteiger partial charge < -0.3 is 0 Å². The molecule has 5 aliphatic carbocycles. The van der Waals surface area contributed by atoms with E-state index in [2.05, 4.69) is 55.4 Å². The summed E-state index contributed by atoms with van der Waals surface area (Å²) < 4.78 is 0. The summed E-state index contributed by atoms with van der Waals surface area (Å²) in [6.45, 7) is 20.3. The van der Waals surface area contributed by atoms with E-state index in [9.17, 15) is 4.79 Å².